The third kappa shape index (κ3) is 8.11. The lowest BCUT2D eigenvalue weighted by atomic mass is 10.2. The standard InChI is InChI=1S/C19H25N3O2.HI/c1-3-20-19(22-14-16-6-8-17(23)9-7-16)21-12-13-24-18-10-4-15(2)5-11-18;/h4-11,23H,3,12-14H2,1-2H3,(H2,20,21,22);1H. The van der Waals surface area contributed by atoms with E-state index in [9.17, 15) is 5.11 Å². The van der Waals surface area contributed by atoms with Gasteiger partial charge in [0.1, 0.15) is 18.1 Å². The van der Waals surface area contributed by atoms with Gasteiger partial charge in [0.15, 0.2) is 5.96 Å². The average Bonchev–Trinajstić information content (AvgIpc) is 2.59. The summed E-state index contributed by atoms with van der Waals surface area (Å²) in [6, 6.07) is 15.1. The van der Waals surface area contributed by atoms with Gasteiger partial charge in [-0.1, -0.05) is 29.8 Å². The van der Waals surface area contributed by atoms with Gasteiger partial charge in [0.05, 0.1) is 13.1 Å². The first-order valence-electron chi connectivity index (χ1n) is 8.17. The molecule has 0 fully saturated rings. The van der Waals surface area contributed by atoms with E-state index in [1.807, 2.05) is 43.3 Å². The fourth-order valence-electron chi connectivity index (χ4n) is 2.09. The van der Waals surface area contributed by atoms with Gasteiger partial charge >= 0.3 is 0 Å². The number of aliphatic imine (C=N–C) groups is 1. The van der Waals surface area contributed by atoms with Crippen LogP contribution in [0.4, 0.5) is 0 Å². The third-order valence-corrected chi connectivity index (χ3v) is 3.38. The Morgan fingerprint density at radius 3 is 2.36 bits per heavy atom. The van der Waals surface area contributed by atoms with E-state index in [-0.39, 0.29) is 29.7 Å². The number of nitrogens with one attached hydrogen (secondary N) is 2. The molecule has 0 aromatic heterocycles. The third-order valence-electron chi connectivity index (χ3n) is 3.38. The van der Waals surface area contributed by atoms with Gasteiger partial charge in [-0.3, -0.25) is 0 Å². The molecule has 0 amide bonds. The molecule has 0 unspecified atom stereocenters. The van der Waals surface area contributed by atoms with Crippen LogP contribution in [0.5, 0.6) is 11.5 Å². The summed E-state index contributed by atoms with van der Waals surface area (Å²) >= 11 is 0. The molecule has 0 atom stereocenters. The molecule has 5 nitrogen and oxygen atoms in total. The summed E-state index contributed by atoms with van der Waals surface area (Å²) in [4.78, 5) is 4.53. The first-order valence-corrected chi connectivity index (χ1v) is 8.17. The molecule has 0 aliphatic rings. The summed E-state index contributed by atoms with van der Waals surface area (Å²) in [5, 5.41) is 15.7. The van der Waals surface area contributed by atoms with Crippen LogP contribution in [-0.2, 0) is 6.54 Å². The first-order chi connectivity index (χ1) is 11.7. The first kappa shape index (κ1) is 21.1. The van der Waals surface area contributed by atoms with Gasteiger partial charge in [0.2, 0.25) is 0 Å². The molecular weight excluding hydrogens is 429 g/mol. The molecule has 6 heteroatoms. The molecule has 0 heterocycles. The van der Waals surface area contributed by atoms with Crippen LogP contribution in [0.15, 0.2) is 53.5 Å². The second-order valence-corrected chi connectivity index (χ2v) is 5.45. The molecule has 136 valence electrons. The highest BCUT2D eigenvalue weighted by atomic mass is 127. The monoisotopic (exact) mass is 455 g/mol. The van der Waals surface area contributed by atoms with E-state index >= 15 is 0 Å². The van der Waals surface area contributed by atoms with Crippen LogP contribution >= 0.6 is 24.0 Å². The number of phenols is 1. The molecule has 0 saturated carbocycles. The molecule has 0 saturated heterocycles. The van der Waals surface area contributed by atoms with Crippen molar-refractivity contribution in [2.24, 2.45) is 4.99 Å². The van der Waals surface area contributed by atoms with Crippen molar-refractivity contribution in [3.05, 3.63) is 59.7 Å². The van der Waals surface area contributed by atoms with Gasteiger partial charge < -0.3 is 20.5 Å². The number of phenolic OH excluding ortho intramolecular Hbond substituents is 1. The number of ether oxygens (including phenoxy) is 1. The molecule has 0 radical (unpaired) electrons. The highest BCUT2D eigenvalue weighted by Gasteiger charge is 1.99. The Hall–Kier alpha value is -1.96. The summed E-state index contributed by atoms with van der Waals surface area (Å²) in [6.07, 6.45) is 0. The van der Waals surface area contributed by atoms with Crippen molar-refractivity contribution in [3.8, 4) is 11.5 Å². The summed E-state index contributed by atoms with van der Waals surface area (Å²) < 4.78 is 5.69. The van der Waals surface area contributed by atoms with Gasteiger partial charge in [-0.2, -0.15) is 0 Å². The minimum Gasteiger partial charge on any atom is -0.508 e. The fraction of sp³-hybridized carbons (Fsp3) is 0.316. The predicted molar refractivity (Wildman–Crippen MR) is 113 cm³/mol. The average molecular weight is 455 g/mol. The lowest BCUT2D eigenvalue weighted by molar-refractivity contribution is 0.322. The second-order valence-electron chi connectivity index (χ2n) is 5.45. The van der Waals surface area contributed by atoms with E-state index in [4.69, 9.17) is 4.74 Å². The van der Waals surface area contributed by atoms with Crippen molar-refractivity contribution in [2.75, 3.05) is 19.7 Å². The van der Waals surface area contributed by atoms with Crippen molar-refractivity contribution in [2.45, 2.75) is 20.4 Å². The SMILES string of the molecule is CCNC(=NCc1ccc(O)cc1)NCCOc1ccc(C)cc1.I. The molecule has 0 aliphatic carbocycles. The zero-order valence-corrected chi connectivity index (χ0v) is 17.0. The van der Waals surface area contributed by atoms with Crippen molar-refractivity contribution in [3.63, 3.8) is 0 Å². The zero-order chi connectivity index (χ0) is 17.2. The Morgan fingerprint density at radius 2 is 1.72 bits per heavy atom. The number of rotatable bonds is 7. The van der Waals surface area contributed by atoms with Crippen molar-refractivity contribution < 1.29 is 9.84 Å². The predicted octanol–water partition coefficient (Wildman–Crippen LogP) is 3.45. The Balaban J connectivity index is 0.00000312. The van der Waals surface area contributed by atoms with Crippen LogP contribution in [0, 0.1) is 6.92 Å². The number of benzene rings is 2. The maximum atomic E-state index is 9.30. The molecular formula is C19H26IN3O2. The van der Waals surface area contributed by atoms with E-state index in [0.717, 1.165) is 23.8 Å². The topological polar surface area (TPSA) is 65.9 Å². The van der Waals surface area contributed by atoms with E-state index < -0.39 is 0 Å². The maximum absolute atomic E-state index is 9.30. The van der Waals surface area contributed by atoms with E-state index in [0.29, 0.717) is 19.7 Å². The van der Waals surface area contributed by atoms with Gasteiger partial charge in [0, 0.05) is 6.54 Å². The minimum absolute atomic E-state index is 0. The number of nitrogens with zero attached hydrogens (tertiary/aromatic N) is 1. The molecule has 3 N–H and O–H groups in total. The van der Waals surface area contributed by atoms with Crippen molar-refractivity contribution in [1.29, 1.82) is 0 Å². The lowest BCUT2D eigenvalue weighted by Gasteiger charge is -2.12. The summed E-state index contributed by atoms with van der Waals surface area (Å²) in [6.45, 7) is 6.65. The molecule has 2 rings (SSSR count). The van der Waals surface area contributed by atoms with Crippen LogP contribution in [-0.4, -0.2) is 30.8 Å². The van der Waals surface area contributed by atoms with Crippen LogP contribution in [0.3, 0.4) is 0 Å². The van der Waals surface area contributed by atoms with Gasteiger partial charge in [-0.25, -0.2) is 4.99 Å². The lowest BCUT2D eigenvalue weighted by Crippen LogP contribution is -2.39. The highest BCUT2D eigenvalue weighted by Crippen LogP contribution is 2.11. The Kier molecular flexibility index (Phi) is 9.76. The number of halogens is 1. The molecule has 0 aliphatic heterocycles. The minimum atomic E-state index is 0. The number of aromatic hydroxyl groups is 1. The molecule has 0 spiro atoms. The van der Waals surface area contributed by atoms with Gasteiger partial charge in [-0.15, -0.1) is 24.0 Å². The summed E-state index contributed by atoms with van der Waals surface area (Å²) in [5.74, 6) is 1.88. The fourth-order valence-corrected chi connectivity index (χ4v) is 2.09. The van der Waals surface area contributed by atoms with Crippen molar-refractivity contribution >= 4 is 29.9 Å². The Labute approximate surface area is 166 Å². The molecule has 2 aromatic carbocycles. The van der Waals surface area contributed by atoms with Gasteiger partial charge in [0.25, 0.3) is 0 Å². The number of hydrogen-bond donors (Lipinski definition) is 3. The number of aryl methyl sites for hydroxylation is 1. The van der Waals surface area contributed by atoms with Crippen LogP contribution in [0.25, 0.3) is 0 Å². The zero-order valence-electron chi connectivity index (χ0n) is 14.7. The normalized spacial score (nSPS) is 10.7. The molecule has 0 bridgehead atoms. The van der Waals surface area contributed by atoms with E-state index in [1.54, 1.807) is 12.1 Å². The molecule has 2 aromatic rings. The van der Waals surface area contributed by atoms with Crippen LogP contribution < -0.4 is 15.4 Å². The largest absolute Gasteiger partial charge is 0.508 e. The highest BCUT2D eigenvalue weighted by molar-refractivity contribution is 14.0. The van der Waals surface area contributed by atoms with E-state index in [2.05, 4.69) is 22.5 Å². The van der Waals surface area contributed by atoms with E-state index in [1.165, 1.54) is 5.56 Å². The molecule has 25 heavy (non-hydrogen) atoms. The smallest absolute Gasteiger partial charge is 0.191 e. The van der Waals surface area contributed by atoms with Crippen LogP contribution in [0.2, 0.25) is 0 Å². The van der Waals surface area contributed by atoms with Crippen molar-refractivity contribution in [1.82, 2.24) is 10.6 Å². The van der Waals surface area contributed by atoms with Crippen LogP contribution in [0.1, 0.15) is 18.1 Å². The summed E-state index contributed by atoms with van der Waals surface area (Å²) in [5.41, 5.74) is 2.26. The number of guanidine groups is 1. The quantitative estimate of drug-likeness (QED) is 0.259. The van der Waals surface area contributed by atoms with Gasteiger partial charge in [-0.05, 0) is 43.7 Å². The number of hydrogen-bond acceptors (Lipinski definition) is 3. The summed E-state index contributed by atoms with van der Waals surface area (Å²) in [7, 11) is 0. The Morgan fingerprint density at radius 1 is 1.04 bits per heavy atom. The second kappa shape index (κ2) is 11.6. The maximum Gasteiger partial charge on any atom is 0.191 e. The Bertz CT molecular complexity index is 643.